The van der Waals surface area contributed by atoms with Crippen LogP contribution in [0.25, 0.3) is 5.76 Å². The Morgan fingerprint density at radius 3 is 2.67 bits per heavy atom. The molecule has 0 amide bonds. The standard InChI is InChI=1S/C24H30N4O2/c1-16(29)19-7-4-17(5-8-19)10-11-26-23-27-15-20(14-25)21(28-23)12-18-6-9-22(30)24(2,3)13-18/h4-5,7-8,15,18,22,29-30H,1,6,9-13H2,2-3H3,(H,26,27,28)/t18-,22-/m0/s1. The van der Waals surface area contributed by atoms with Crippen molar-refractivity contribution in [2.75, 3.05) is 11.9 Å². The van der Waals surface area contributed by atoms with Gasteiger partial charge in [-0.1, -0.05) is 44.7 Å². The van der Waals surface area contributed by atoms with Crippen LogP contribution in [0.3, 0.4) is 0 Å². The fourth-order valence-corrected chi connectivity index (χ4v) is 4.15. The number of hydrogen-bond donors (Lipinski definition) is 3. The van der Waals surface area contributed by atoms with E-state index in [-0.39, 0.29) is 17.3 Å². The maximum Gasteiger partial charge on any atom is 0.222 e. The van der Waals surface area contributed by atoms with Gasteiger partial charge < -0.3 is 15.5 Å². The van der Waals surface area contributed by atoms with Crippen molar-refractivity contribution in [3.05, 3.63) is 59.4 Å². The second-order valence-electron chi connectivity index (χ2n) is 8.84. The summed E-state index contributed by atoms with van der Waals surface area (Å²) in [7, 11) is 0. The molecule has 0 spiro atoms. The SMILES string of the molecule is C=C(O)c1ccc(CCNc2ncc(C#N)c(C[C@@H]3CC[C@H](O)C(C)(C)C3)n2)cc1. The highest BCUT2D eigenvalue weighted by atomic mass is 16.3. The summed E-state index contributed by atoms with van der Waals surface area (Å²) in [5.74, 6) is 0.992. The molecule has 3 rings (SSSR count). The van der Waals surface area contributed by atoms with E-state index in [1.165, 1.54) is 0 Å². The Balaban J connectivity index is 1.61. The Morgan fingerprint density at radius 2 is 2.03 bits per heavy atom. The van der Waals surface area contributed by atoms with Crippen LogP contribution in [0.15, 0.2) is 37.0 Å². The van der Waals surface area contributed by atoms with Crippen molar-refractivity contribution in [3.63, 3.8) is 0 Å². The minimum absolute atomic E-state index is 0.0639. The van der Waals surface area contributed by atoms with Crippen LogP contribution in [-0.2, 0) is 12.8 Å². The molecule has 2 aromatic rings. The lowest BCUT2D eigenvalue weighted by molar-refractivity contribution is -0.00748. The summed E-state index contributed by atoms with van der Waals surface area (Å²) in [6.45, 7) is 8.39. The largest absolute Gasteiger partial charge is 0.508 e. The molecule has 6 nitrogen and oxygen atoms in total. The molecule has 3 N–H and O–H groups in total. The molecule has 1 aliphatic carbocycles. The summed E-state index contributed by atoms with van der Waals surface area (Å²) in [6.07, 6.45) is 5.48. The van der Waals surface area contributed by atoms with E-state index in [2.05, 4.69) is 41.8 Å². The molecule has 0 bridgehead atoms. The maximum atomic E-state index is 10.2. The zero-order chi connectivity index (χ0) is 21.7. The lowest BCUT2D eigenvalue weighted by Crippen LogP contribution is -2.37. The predicted molar refractivity (Wildman–Crippen MR) is 118 cm³/mol. The quantitative estimate of drug-likeness (QED) is 0.594. The van der Waals surface area contributed by atoms with Crippen LogP contribution in [0.5, 0.6) is 0 Å². The lowest BCUT2D eigenvalue weighted by atomic mass is 9.69. The molecule has 0 unspecified atom stereocenters. The molecular formula is C24H30N4O2. The van der Waals surface area contributed by atoms with Gasteiger partial charge in [-0.05, 0) is 49.0 Å². The van der Waals surface area contributed by atoms with Gasteiger partial charge in [0, 0.05) is 12.1 Å². The molecule has 1 aromatic heterocycles. The minimum atomic E-state index is -0.267. The number of rotatable bonds is 7. The van der Waals surface area contributed by atoms with Gasteiger partial charge in [0.25, 0.3) is 0 Å². The molecule has 30 heavy (non-hydrogen) atoms. The van der Waals surface area contributed by atoms with Crippen molar-refractivity contribution in [1.29, 1.82) is 5.26 Å². The van der Waals surface area contributed by atoms with Gasteiger partial charge in [0.1, 0.15) is 11.8 Å². The Morgan fingerprint density at radius 1 is 1.30 bits per heavy atom. The van der Waals surface area contributed by atoms with Crippen LogP contribution in [0.2, 0.25) is 0 Å². The number of nitrogens with zero attached hydrogens (tertiary/aromatic N) is 3. The van der Waals surface area contributed by atoms with E-state index in [1.807, 2.05) is 24.3 Å². The molecule has 1 aliphatic rings. The van der Waals surface area contributed by atoms with E-state index < -0.39 is 0 Å². The molecule has 1 fully saturated rings. The summed E-state index contributed by atoms with van der Waals surface area (Å²) in [6, 6.07) is 9.82. The predicted octanol–water partition coefficient (Wildman–Crippen LogP) is 4.26. The average Bonchev–Trinajstić information content (AvgIpc) is 2.71. The van der Waals surface area contributed by atoms with Gasteiger partial charge in [0.2, 0.25) is 5.95 Å². The first kappa shape index (κ1) is 21.8. The highest BCUT2D eigenvalue weighted by molar-refractivity contribution is 5.56. The number of aromatic nitrogens is 2. The van der Waals surface area contributed by atoms with Gasteiger partial charge in [-0.3, -0.25) is 0 Å². The van der Waals surface area contributed by atoms with Gasteiger partial charge >= 0.3 is 0 Å². The molecule has 1 aromatic carbocycles. The number of nitriles is 1. The summed E-state index contributed by atoms with van der Waals surface area (Å²) in [5.41, 5.74) is 3.03. The molecule has 0 radical (unpaired) electrons. The van der Waals surface area contributed by atoms with Gasteiger partial charge in [0.05, 0.1) is 23.6 Å². The number of nitrogens with one attached hydrogen (secondary N) is 1. The third-order valence-electron chi connectivity index (χ3n) is 6.02. The van der Waals surface area contributed by atoms with E-state index in [4.69, 9.17) is 0 Å². The normalized spacial score (nSPS) is 20.3. The van der Waals surface area contributed by atoms with Crippen molar-refractivity contribution in [1.82, 2.24) is 9.97 Å². The summed E-state index contributed by atoms with van der Waals surface area (Å²) < 4.78 is 0. The Labute approximate surface area is 178 Å². The van der Waals surface area contributed by atoms with Crippen LogP contribution in [0, 0.1) is 22.7 Å². The first-order chi connectivity index (χ1) is 14.3. The van der Waals surface area contributed by atoms with Crippen LogP contribution in [-0.4, -0.2) is 32.8 Å². The second kappa shape index (κ2) is 9.27. The summed E-state index contributed by atoms with van der Waals surface area (Å²) in [4.78, 5) is 8.90. The van der Waals surface area contributed by atoms with Crippen LogP contribution < -0.4 is 5.32 Å². The third kappa shape index (κ3) is 5.37. The van der Waals surface area contributed by atoms with Crippen molar-refractivity contribution < 1.29 is 10.2 Å². The molecule has 158 valence electrons. The Bertz CT molecular complexity index is 931. The zero-order valence-electron chi connectivity index (χ0n) is 17.7. The maximum absolute atomic E-state index is 10.2. The van der Waals surface area contributed by atoms with E-state index >= 15 is 0 Å². The van der Waals surface area contributed by atoms with Crippen molar-refractivity contribution >= 4 is 11.7 Å². The topological polar surface area (TPSA) is 102 Å². The smallest absolute Gasteiger partial charge is 0.222 e. The minimum Gasteiger partial charge on any atom is -0.508 e. The van der Waals surface area contributed by atoms with Crippen LogP contribution in [0.4, 0.5) is 5.95 Å². The number of anilines is 1. The molecule has 0 saturated heterocycles. The van der Waals surface area contributed by atoms with Crippen molar-refractivity contribution in [3.8, 4) is 6.07 Å². The molecule has 1 saturated carbocycles. The summed E-state index contributed by atoms with van der Waals surface area (Å²) in [5, 5.41) is 32.3. The molecule has 1 heterocycles. The first-order valence-corrected chi connectivity index (χ1v) is 10.4. The second-order valence-corrected chi connectivity index (χ2v) is 8.84. The monoisotopic (exact) mass is 406 g/mol. The molecular weight excluding hydrogens is 376 g/mol. The van der Waals surface area contributed by atoms with E-state index in [0.29, 0.717) is 29.5 Å². The zero-order valence-corrected chi connectivity index (χ0v) is 17.7. The van der Waals surface area contributed by atoms with Crippen molar-refractivity contribution in [2.45, 2.75) is 52.1 Å². The van der Waals surface area contributed by atoms with Gasteiger partial charge in [-0.2, -0.15) is 5.26 Å². The summed E-state index contributed by atoms with van der Waals surface area (Å²) >= 11 is 0. The fourth-order valence-electron chi connectivity index (χ4n) is 4.15. The van der Waals surface area contributed by atoms with E-state index in [9.17, 15) is 15.5 Å². The van der Waals surface area contributed by atoms with Gasteiger partial charge in [-0.25, -0.2) is 9.97 Å². The van der Waals surface area contributed by atoms with E-state index in [0.717, 1.165) is 43.4 Å². The molecule has 6 heteroatoms. The van der Waals surface area contributed by atoms with Gasteiger partial charge in [0.15, 0.2) is 0 Å². The van der Waals surface area contributed by atoms with Crippen molar-refractivity contribution in [2.24, 2.45) is 11.3 Å². The van der Waals surface area contributed by atoms with Crippen LogP contribution in [0.1, 0.15) is 55.5 Å². The highest BCUT2D eigenvalue weighted by Gasteiger charge is 2.35. The number of hydrogen-bond acceptors (Lipinski definition) is 6. The number of benzene rings is 1. The highest BCUT2D eigenvalue weighted by Crippen LogP contribution is 2.40. The number of aliphatic hydroxyl groups excluding tert-OH is 2. The fraction of sp³-hybridized carbons (Fsp3) is 0.458. The molecule has 0 aliphatic heterocycles. The third-order valence-corrected chi connectivity index (χ3v) is 6.02. The molecule has 2 atom stereocenters. The Kier molecular flexibility index (Phi) is 6.73. The number of aliphatic hydroxyl groups is 2. The van der Waals surface area contributed by atoms with E-state index in [1.54, 1.807) is 6.20 Å². The average molecular weight is 407 g/mol. The Hall–Kier alpha value is -2.91. The van der Waals surface area contributed by atoms with Crippen LogP contribution >= 0.6 is 0 Å². The van der Waals surface area contributed by atoms with Gasteiger partial charge in [-0.15, -0.1) is 0 Å². The lowest BCUT2D eigenvalue weighted by Gasteiger charge is -2.39. The first-order valence-electron chi connectivity index (χ1n) is 10.4.